The number of halogens is 1. The number of amides is 2. The van der Waals surface area contributed by atoms with Crippen molar-refractivity contribution in [3.63, 3.8) is 0 Å². The van der Waals surface area contributed by atoms with Gasteiger partial charge in [0.05, 0.1) is 6.10 Å². The van der Waals surface area contributed by atoms with Crippen molar-refractivity contribution in [2.45, 2.75) is 58.6 Å². The number of nitrogens with one attached hydrogen (secondary N) is 2. The Hall–Kier alpha value is -1.95. The maximum absolute atomic E-state index is 13.0. The van der Waals surface area contributed by atoms with Gasteiger partial charge in [-0.1, -0.05) is 13.8 Å². The smallest absolute Gasteiger partial charge is 0.251 e. The number of hydrogen-bond donors (Lipinski definition) is 2. The topological polar surface area (TPSA) is 67.4 Å². The summed E-state index contributed by atoms with van der Waals surface area (Å²) < 4.78 is 19.2. The Labute approximate surface area is 171 Å². The lowest BCUT2D eigenvalue weighted by molar-refractivity contribution is -0.135. The Balaban J connectivity index is 1.41. The summed E-state index contributed by atoms with van der Waals surface area (Å²) in [4.78, 5) is 24.2. The van der Waals surface area contributed by atoms with E-state index >= 15 is 0 Å². The van der Waals surface area contributed by atoms with Crippen molar-refractivity contribution < 1.29 is 18.7 Å². The Morgan fingerprint density at radius 3 is 2.66 bits per heavy atom. The van der Waals surface area contributed by atoms with E-state index in [9.17, 15) is 14.0 Å². The summed E-state index contributed by atoms with van der Waals surface area (Å²) in [5, 5.41) is 6.22. The van der Waals surface area contributed by atoms with Gasteiger partial charge in [-0.2, -0.15) is 0 Å². The number of hydrogen-bond acceptors (Lipinski definition) is 3. The first kappa shape index (κ1) is 20.3. The van der Waals surface area contributed by atoms with E-state index in [1.807, 2.05) is 0 Å². The lowest BCUT2D eigenvalue weighted by atomic mass is 9.59. The molecule has 0 unspecified atom stereocenters. The van der Waals surface area contributed by atoms with Crippen LogP contribution in [0.1, 0.15) is 56.8 Å². The summed E-state index contributed by atoms with van der Waals surface area (Å²) >= 11 is 0. The third kappa shape index (κ3) is 3.45. The van der Waals surface area contributed by atoms with Crippen LogP contribution in [0.25, 0.3) is 0 Å². The van der Waals surface area contributed by atoms with Crippen molar-refractivity contribution in [3.05, 3.63) is 35.6 Å². The van der Waals surface area contributed by atoms with Crippen molar-refractivity contribution >= 4 is 11.8 Å². The molecule has 1 heterocycles. The van der Waals surface area contributed by atoms with Gasteiger partial charge in [0.2, 0.25) is 5.91 Å². The van der Waals surface area contributed by atoms with Gasteiger partial charge in [0.15, 0.2) is 0 Å². The molecule has 1 aromatic carbocycles. The normalized spacial score (nSPS) is 34.5. The third-order valence-corrected chi connectivity index (χ3v) is 7.79. The molecule has 4 rings (SSSR count). The fraction of sp³-hybridized carbons (Fsp3) is 0.652. The quantitative estimate of drug-likeness (QED) is 0.794. The van der Waals surface area contributed by atoms with Gasteiger partial charge in [-0.3, -0.25) is 9.59 Å². The Morgan fingerprint density at radius 1 is 1.24 bits per heavy atom. The minimum Gasteiger partial charge on any atom is -0.378 e. The maximum Gasteiger partial charge on any atom is 0.251 e. The molecule has 3 aliphatic rings. The second kappa shape index (κ2) is 7.38. The van der Waals surface area contributed by atoms with Gasteiger partial charge in [0.25, 0.3) is 5.91 Å². The van der Waals surface area contributed by atoms with Crippen LogP contribution in [0.4, 0.5) is 4.39 Å². The minimum atomic E-state index is -0.351. The summed E-state index contributed by atoms with van der Waals surface area (Å²) in [5.74, 6) is 0.491. The average Bonchev–Trinajstić information content (AvgIpc) is 3.15. The molecule has 29 heavy (non-hydrogen) atoms. The van der Waals surface area contributed by atoms with Crippen LogP contribution in [0.3, 0.4) is 0 Å². The lowest BCUT2D eigenvalue weighted by Gasteiger charge is -2.53. The molecule has 1 aliphatic heterocycles. The number of rotatable bonds is 5. The molecule has 2 bridgehead atoms. The fourth-order valence-electron chi connectivity index (χ4n) is 6.43. The SMILES string of the molecule is CC(=O)N[C@H]1C(C)(C)[C@@H]2C[C@@H]3[C@@H](CCNC(=O)c4ccc(F)cc4)OCC[C@@]31C2. The van der Waals surface area contributed by atoms with Crippen LogP contribution >= 0.6 is 0 Å². The molecule has 5 nitrogen and oxygen atoms in total. The Kier molecular flexibility index (Phi) is 5.18. The number of ether oxygens (including phenoxy) is 1. The third-order valence-electron chi connectivity index (χ3n) is 7.79. The van der Waals surface area contributed by atoms with Crippen LogP contribution in [-0.4, -0.2) is 37.1 Å². The number of fused-ring (bicyclic) bond motifs is 1. The van der Waals surface area contributed by atoms with Crippen molar-refractivity contribution in [3.8, 4) is 0 Å². The summed E-state index contributed by atoms with van der Waals surface area (Å²) in [6, 6.07) is 5.75. The molecule has 0 radical (unpaired) electrons. The molecule has 2 aliphatic carbocycles. The van der Waals surface area contributed by atoms with E-state index < -0.39 is 0 Å². The van der Waals surface area contributed by atoms with Crippen LogP contribution in [0, 0.1) is 28.5 Å². The number of carbonyl (C=O) groups is 2. The van der Waals surface area contributed by atoms with Crippen molar-refractivity contribution in [2.24, 2.45) is 22.7 Å². The molecule has 0 aromatic heterocycles. The molecular formula is C23H31FN2O3. The van der Waals surface area contributed by atoms with Crippen LogP contribution in [0.15, 0.2) is 24.3 Å². The number of carbonyl (C=O) groups excluding carboxylic acids is 2. The summed E-state index contributed by atoms with van der Waals surface area (Å²) in [5.41, 5.74) is 0.657. The highest BCUT2D eigenvalue weighted by atomic mass is 19.1. The first-order valence-corrected chi connectivity index (χ1v) is 10.7. The fourth-order valence-corrected chi connectivity index (χ4v) is 6.43. The minimum absolute atomic E-state index is 0.0401. The zero-order chi connectivity index (χ0) is 20.8. The predicted molar refractivity (Wildman–Crippen MR) is 108 cm³/mol. The zero-order valence-corrected chi connectivity index (χ0v) is 17.5. The Morgan fingerprint density at radius 2 is 1.97 bits per heavy atom. The molecule has 2 amide bonds. The van der Waals surface area contributed by atoms with Gasteiger partial charge in [-0.05, 0) is 72.6 Å². The van der Waals surface area contributed by atoms with E-state index in [0.717, 1.165) is 25.7 Å². The highest BCUT2D eigenvalue weighted by molar-refractivity contribution is 5.94. The molecule has 5 atom stereocenters. The molecule has 2 N–H and O–H groups in total. The van der Waals surface area contributed by atoms with Crippen LogP contribution in [0.5, 0.6) is 0 Å². The van der Waals surface area contributed by atoms with E-state index in [-0.39, 0.29) is 40.6 Å². The molecular weight excluding hydrogens is 371 g/mol. The lowest BCUT2D eigenvalue weighted by Crippen LogP contribution is -2.60. The molecule has 158 valence electrons. The molecule has 1 spiro atoms. The van der Waals surface area contributed by atoms with Crippen LogP contribution in [-0.2, 0) is 9.53 Å². The second-order valence-electron chi connectivity index (χ2n) is 9.64. The van der Waals surface area contributed by atoms with Gasteiger partial charge in [0.1, 0.15) is 5.82 Å². The van der Waals surface area contributed by atoms with Crippen molar-refractivity contribution in [1.82, 2.24) is 10.6 Å². The van der Waals surface area contributed by atoms with Crippen molar-refractivity contribution in [2.75, 3.05) is 13.2 Å². The van der Waals surface area contributed by atoms with E-state index in [4.69, 9.17) is 4.74 Å². The Bertz CT molecular complexity index is 794. The first-order valence-electron chi connectivity index (χ1n) is 10.7. The van der Waals surface area contributed by atoms with E-state index in [0.29, 0.717) is 30.6 Å². The largest absolute Gasteiger partial charge is 0.378 e. The molecule has 1 saturated heterocycles. The number of benzene rings is 1. The second-order valence-corrected chi connectivity index (χ2v) is 9.64. The molecule has 2 saturated carbocycles. The monoisotopic (exact) mass is 402 g/mol. The standard InChI is InChI=1S/C23H31FN2O3/c1-14(27)26-21-22(2,3)16-12-18-19(29-11-9-23(18,21)13-16)8-10-25-20(28)15-4-6-17(24)7-5-15/h4-7,16,18-19,21H,8-13H2,1-3H3,(H,25,28)(H,26,27)/t16-,18-,19-,21+,23-/m1/s1. The highest BCUT2D eigenvalue weighted by Crippen LogP contribution is 2.68. The maximum atomic E-state index is 13.0. The molecule has 1 aromatic rings. The predicted octanol–water partition coefficient (Wildman–Crippen LogP) is 3.29. The van der Waals surface area contributed by atoms with Crippen molar-refractivity contribution in [1.29, 1.82) is 0 Å². The first-order chi connectivity index (χ1) is 13.7. The zero-order valence-electron chi connectivity index (χ0n) is 17.5. The van der Waals surface area contributed by atoms with Gasteiger partial charge >= 0.3 is 0 Å². The van der Waals surface area contributed by atoms with Gasteiger partial charge in [-0.15, -0.1) is 0 Å². The molecule has 6 heteroatoms. The van der Waals surface area contributed by atoms with Gasteiger partial charge < -0.3 is 15.4 Å². The van der Waals surface area contributed by atoms with E-state index in [1.54, 1.807) is 6.92 Å². The van der Waals surface area contributed by atoms with Gasteiger partial charge in [-0.25, -0.2) is 4.39 Å². The molecule has 3 fully saturated rings. The van der Waals surface area contributed by atoms with E-state index in [1.165, 1.54) is 24.3 Å². The van der Waals surface area contributed by atoms with Gasteiger partial charge in [0, 0.05) is 31.7 Å². The van der Waals surface area contributed by atoms with Crippen LogP contribution < -0.4 is 10.6 Å². The highest BCUT2D eigenvalue weighted by Gasteiger charge is 2.68. The van der Waals surface area contributed by atoms with Crippen LogP contribution in [0.2, 0.25) is 0 Å². The summed E-state index contributed by atoms with van der Waals surface area (Å²) in [7, 11) is 0. The summed E-state index contributed by atoms with van der Waals surface area (Å²) in [6.07, 6.45) is 4.10. The average molecular weight is 403 g/mol. The van der Waals surface area contributed by atoms with E-state index in [2.05, 4.69) is 24.5 Å². The summed E-state index contributed by atoms with van der Waals surface area (Å²) in [6.45, 7) is 7.40.